The quantitative estimate of drug-likeness (QED) is 0.450. The molecule has 0 aromatic carbocycles. The van der Waals surface area contributed by atoms with Gasteiger partial charge in [0, 0.05) is 0 Å². The first-order valence-corrected chi connectivity index (χ1v) is 5.81. The Morgan fingerprint density at radius 2 is 1.55 bits per heavy atom. The molecule has 0 amide bonds. The van der Waals surface area contributed by atoms with E-state index in [2.05, 4.69) is 77.7 Å². The fourth-order valence-electron chi connectivity index (χ4n) is 0.468. The maximum absolute atomic E-state index is 4.90. The molecule has 11 heavy (non-hydrogen) atoms. The number of aromatic nitrogens is 2. The molecule has 0 spiro atoms. The molecule has 0 unspecified atom stereocenters. The van der Waals surface area contributed by atoms with E-state index in [-0.39, 0.29) is 0 Å². The van der Waals surface area contributed by atoms with Crippen LogP contribution in [0.4, 0.5) is 0 Å². The SMILES string of the molecule is COc1nc(I)c(I)c(I)n1. The predicted octanol–water partition coefficient (Wildman–Crippen LogP) is 2.30. The molecule has 0 radical (unpaired) electrons. The van der Waals surface area contributed by atoms with Gasteiger partial charge in [-0.1, -0.05) is 0 Å². The second kappa shape index (κ2) is 4.35. The molecule has 0 N–H and O–H groups in total. The monoisotopic (exact) mass is 488 g/mol. The molecule has 1 rings (SSSR count). The molecule has 1 aromatic rings. The van der Waals surface area contributed by atoms with E-state index in [1.54, 1.807) is 7.11 Å². The Morgan fingerprint density at radius 1 is 1.09 bits per heavy atom. The predicted molar refractivity (Wildman–Crippen MR) is 66.7 cm³/mol. The van der Waals surface area contributed by atoms with Crippen LogP contribution < -0.4 is 4.74 Å². The summed E-state index contributed by atoms with van der Waals surface area (Å²) in [5.41, 5.74) is 0. The van der Waals surface area contributed by atoms with Crippen LogP contribution in [0.15, 0.2) is 0 Å². The second-order valence-corrected chi connectivity index (χ2v) is 4.73. The van der Waals surface area contributed by atoms with Crippen molar-refractivity contribution in [1.29, 1.82) is 0 Å². The van der Waals surface area contributed by atoms with Gasteiger partial charge in [0.1, 0.15) is 7.40 Å². The molecule has 0 aliphatic rings. The van der Waals surface area contributed by atoms with Gasteiger partial charge < -0.3 is 4.74 Å². The zero-order valence-electron chi connectivity index (χ0n) is 5.44. The van der Waals surface area contributed by atoms with E-state index in [0.29, 0.717) is 6.01 Å². The third kappa shape index (κ3) is 2.50. The minimum atomic E-state index is 0.430. The summed E-state index contributed by atoms with van der Waals surface area (Å²) in [6.07, 6.45) is 0. The Hall–Kier alpha value is 1.07. The normalized spacial score (nSPS) is 9.82. The van der Waals surface area contributed by atoms with Crippen LogP contribution in [0, 0.1) is 11.0 Å². The number of ether oxygens (including phenoxy) is 1. The summed E-state index contributed by atoms with van der Waals surface area (Å²) < 4.78 is 7.83. The number of methoxy groups -OCH3 is 1. The lowest BCUT2D eigenvalue weighted by Crippen LogP contribution is -1.99. The van der Waals surface area contributed by atoms with Crippen LogP contribution in [-0.4, -0.2) is 17.1 Å². The van der Waals surface area contributed by atoms with Crippen LogP contribution >= 0.6 is 67.8 Å². The van der Waals surface area contributed by atoms with Gasteiger partial charge >= 0.3 is 6.01 Å². The third-order valence-electron chi connectivity index (χ3n) is 0.932. The van der Waals surface area contributed by atoms with Crippen LogP contribution in [-0.2, 0) is 0 Å². The molecule has 0 bridgehead atoms. The van der Waals surface area contributed by atoms with Crippen molar-refractivity contribution in [1.82, 2.24) is 9.97 Å². The van der Waals surface area contributed by atoms with Crippen LogP contribution in [0.3, 0.4) is 0 Å². The second-order valence-electron chi connectivity index (χ2n) is 1.61. The molecule has 60 valence electrons. The summed E-state index contributed by atoms with van der Waals surface area (Å²) in [7, 11) is 1.56. The van der Waals surface area contributed by atoms with Gasteiger partial charge in [-0.2, -0.15) is 9.97 Å². The first-order chi connectivity index (χ1) is 5.15. The topological polar surface area (TPSA) is 35.0 Å². The lowest BCUT2D eigenvalue weighted by Gasteiger charge is -2.01. The molecule has 0 fully saturated rings. The van der Waals surface area contributed by atoms with Gasteiger partial charge in [-0.3, -0.25) is 0 Å². The third-order valence-corrected chi connectivity index (χ3v) is 5.58. The zero-order valence-corrected chi connectivity index (χ0v) is 11.9. The Morgan fingerprint density at radius 3 is 1.91 bits per heavy atom. The number of rotatable bonds is 1. The average Bonchev–Trinajstić information content (AvgIpc) is 1.99. The maximum atomic E-state index is 4.90. The van der Waals surface area contributed by atoms with E-state index in [4.69, 9.17) is 4.74 Å². The fourth-order valence-corrected chi connectivity index (χ4v) is 2.15. The van der Waals surface area contributed by atoms with Gasteiger partial charge in [-0.05, 0) is 67.8 Å². The van der Waals surface area contributed by atoms with Crippen molar-refractivity contribution in [2.75, 3.05) is 7.11 Å². The highest BCUT2D eigenvalue weighted by atomic mass is 127. The van der Waals surface area contributed by atoms with E-state index in [9.17, 15) is 0 Å². The number of hydrogen-bond acceptors (Lipinski definition) is 3. The smallest absolute Gasteiger partial charge is 0.318 e. The van der Waals surface area contributed by atoms with Crippen LogP contribution in [0.25, 0.3) is 0 Å². The lowest BCUT2D eigenvalue weighted by molar-refractivity contribution is 0.377. The summed E-state index contributed by atoms with van der Waals surface area (Å²) in [6, 6.07) is 0.430. The average molecular weight is 488 g/mol. The van der Waals surface area contributed by atoms with Crippen molar-refractivity contribution >= 4 is 67.8 Å². The first kappa shape index (κ1) is 10.2. The Balaban J connectivity index is 3.21. The zero-order chi connectivity index (χ0) is 8.43. The van der Waals surface area contributed by atoms with E-state index in [0.717, 1.165) is 11.0 Å². The highest BCUT2D eigenvalue weighted by Crippen LogP contribution is 2.19. The first-order valence-electron chi connectivity index (χ1n) is 2.57. The molecule has 6 heteroatoms. The molecule has 0 atom stereocenters. The van der Waals surface area contributed by atoms with E-state index in [1.807, 2.05) is 0 Å². The summed E-state index contributed by atoms with van der Waals surface area (Å²) >= 11 is 6.52. The molecular formula is C5H3I3N2O. The van der Waals surface area contributed by atoms with Crippen molar-refractivity contribution in [3.05, 3.63) is 11.0 Å². The fraction of sp³-hybridized carbons (Fsp3) is 0.200. The molecule has 0 saturated carbocycles. The molecule has 0 aliphatic carbocycles. The molecule has 0 aliphatic heterocycles. The summed E-state index contributed by atoms with van der Waals surface area (Å²) in [5.74, 6) is 0. The Bertz CT molecular complexity index is 255. The molecule has 1 aromatic heterocycles. The van der Waals surface area contributed by atoms with Crippen molar-refractivity contribution in [3.63, 3.8) is 0 Å². The largest absolute Gasteiger partial charge is 0.467 e. The van der Waals surface area contributed by atoms with Crippen molar-refractivity contribution in [3.8, 4) is 6.01 Å². The highest BCUT2D eigenvalue weighted by Gasteiger charge is 2.06. The molecular weight excluding hydrogens is 485 g/mol. The Labute approximate surface area is 105 Å². The number of nitrogens with zero attached hydrogens (tertiary/aromatic N) is 2. The van der Waals surface area contributed by atoms with Crippen molar-refractivity contribution < 1.29 is 4.74 Å². The summed E-state index contributed by atoms with van der Waals surface area (Å²) in [5, 5.41) is 0. The standard InChI is InChI=1S/C5H3I3N2O/c1-11-5-9-3(7)2(6)4(8)10-5/h1H3. The van der Waals surface area contributed by atoms with Crippen LogP contribution in [0.1, 0.15) is 0 Å². The molecule has 3 nitrogen and oxygen atoms in total. The summed E-state index contributed by atoms with van der Waals surface area (Å²) in [6.45, 7) is 0. The number of hydrogen-bond donors (Lipinski definition) is 0. The Kier molecular flexibility index (Phi) is 4.01. The van der Waals surface area contributed by atoms with Crippen molar-refractivity contribution in [2.45, 2.75) is 0 Å². The maximum Gasteiger partial charge on any atom is 0.318 e. The van der Waals surface area contributed by atoms with Gasteiger partial charge in [-0.15, -0.1) is 0 Å². The minimum absolute atomic E-state index is 0.430. The van der Waals surface area contributed by atoms with Crippen LogP contribution in [0.2, 0.25) is 0 Å². The minimum Gasteiger partial charge on any atom is -0.467 e. The van der Waals surface area contributed by atoms with Gasteiger partial charge in [0.05, 0.1) is 10.7 Å². The lowest BCUT2D eigenvalue weighted by atomic mass is 10.7. The van der Waals surface area contributed by atoms with Gasteiger partial charge in [-0.25, -0.2) is 0 Å². The van der Waals surface area contributed by atoms with E-state index < -0.39 is 0 Å². The molecule has 0 saturated heterocycles. The van der Waals surface area contributed by atoms with E-state index >= 15 is 0 Å². The highest BCUT2D eigenvalue weighted by molar-refractivity contribution is 14.1. The van der Waals surface area contributed by atoms with E-state index in [1.165, 1.54) is 0 Å². The number of halogens is 3. The molecule has 1 heterocycles. The van der Waals surface area contributed by atoms with Gasteiger partial charge in [0.2, 0.25) is 0 Å². The summed E-state index contributed by atoms with van der Waals surface area (Å²) in [4.78, 5) is 8.19. The van der Waals surface area contributed by atoms with Gasteiger partial charge in [0.25, 0.3) is 0 Å². The van der Waals surface area contributed by atoms with Crippen molar-refractivity contribution in [2.24, 2.45) is 0 Å². The van der Waals surface area contributed by atoms with Gasteiger partial charge in [0.15, 0.2) is 0 Å². The van der Waals surface area contributed by atoms with Crippen LogP contribution in [0.5, 0.6) is 6.01 Å².